The molecule has 1 aromatic heterocycles. The van der Waals surface area contributed by atoms with Gasteiger partial charge in [-0.25, -0.2) is 9.78 Å². The fourth-order valence-corrected chi connectivity index (χ4v) is 2.01. The van der Waals surface area contributed by atoms with E-state index in [2.05, 4.69) is 25.7 Å². The Hall–Kier alpha value is -0.590. The van der Waals surface area contributed by atoms with Crippen LogP contribution in [0.1, 0.15) is 6.92 Å². The molecule has 0 aliphatic carbocycles. The van der Waals surface area contributed by atoms with Gasteiger partial charge in [-0.3, -0.25) is 0 Å². The van der Waals surface area contributed by atoms with Gasteiger partial charge in [-0.05, 0) is 35.0 Å². The average molecular weight is 306 g/mol. The van der Waals surface area contributed by atoms with E-state index in [1.54, 1.807) is 6.20 Å². The zero-order chi connectivity index (χ0) is 12.2. The van der Waals surface area contributed by atoms with Crippen LogP contribution in [0.5, 0.6) is 0 Å². The molecule has 0 aromatic carbocycles. The lowest BCUT2D eigenvalue weighted by molar-refractivity contribution is -0.158. The number of thioether (sulfide) groups is 1. The van der Waals surface area contributed by atoms with Crippen LogP contribution in [0.25, 0.3) is 0 Å². The summed E-state index contributed by atoms with van der Waals surface area (Å²) < 4.78 is 5.38. The van der Waals surface area contributed by atoms with Crippen molar-refractivity contribution in [2.45, 2.75) is 17.6 Å². The van der Waals surface area contributed by atoms with Crippen molar-refractivity contribution in [3.63, 3.8) is 0 Å². The summed E-state index contributed by atoms with van der Waals surface area (Å²) >= 11 is 4.57. The Kier molecular flexibility index (Phi) is 4.76. The Balaban J connectivity index is 2.57. The summed E-state index contributed by atoms with van der Waals surface area (Å²) in [5, 5.41) is 10.5. The van der Waals surface area contributed by atoms with Crippen molar-refractivity contribution in [3.05, 3.63) is 22.8 Å². The molecule has 0 bridgehead atoms. The summed E-state index contributed by atoms with van der Waals surface area (Å²) in [6, 6.07) is 3.66. The van der Waals surface area contributed by atoms with Gasteiger partial charge in [0.1, 0.15) is 0 Å². The van der Waals surface area contributed by atoms with Gasteiger partial charge < -0.3 is 9.84 Å². The summed E-state index contributed by atoms with van der Waals surface area (Å²) in [6.07, 6.45) is 1.66. The van der Waals surface area contributed by atoms with E-state index in [1.165, 1.54) is 25.8 Å². The van der Waals surface area contributed by atoms with Gasteiger partial charge in [0.25, 0.3) is 0 Å². The number of hydrogen-bond acceptors (Lipinski definition) is 5. The molecule has 4 nitrogen and oxygen atoms in total. The summed E-state index contributed by atoms with van der Waals surface area (Å²) in [4.78, 5) is 15.3. The van der Waals surface area contributed by atoms with Crippen molar-refractivity contribution >= 4 is 33.7 Å². The van der Waals surface area contributed by atoms with Gasteiger partial charge in [0.15, 0.2) is 5.60 Å². The van der Waals surface area contributed by atoms with Crippen molar-refractivity contribution < 1.29 is 14.6 Å². The molecule has 0 aliphatic heterocycles. The second-order valence-electron chi connectivity index (χ2n) is 3.37. The number of pyridine rings is 1. The van der Waals surface area contributed by atoms with E-state index in [0.29, 0.717) is 0 Å². The summed E-state index contributed by atoms with van der Waals surface area (Å²) in [7, 11) is 1.25. The lowest BCUT2D eigenvalue weighted by Gasteiger charge is -2.18. The van der Waals surface area contributed by atoms with Crippen molar-refractivity contribution in [2.75, 3.05) is 12.9 Å². The number of esters is 1. The van der Waals surface area contributed by atoms with Crippen molar-refractivity contribution in [1.29, 1.82) is 0 Å². The molecule has 0 aliphatic rings. The zero-order valence-electron chi connectivity index (χ0n) is 8.94. The van der Waals surface area contributed by atoms with Crippen LogP contribution in [-0.2, 0) is 9.53 Å². The molecule has 0 fully saturated rings. The van der Waals surface area contributed by atoms with Gasteiger partial charge >= 0.3 is 5.97 Å². The minimum Gasteiger partial charge on any atom is -0.467 e. The van der Waals surface area contributed by atoms with Gasteiger partial charge in [0.05, 0.1) is 12.1 Å². The highest BCUT2D eigenvalue weighted by Crippen LogP contribution is 2.22. The number of ether oxygens (including phenoxy) is 1. The van der Waals surface area contributed by atoms with E-state index in [4.69, 9.17) is 0 Å². The topological polar surface area (TPSA) is 59.4 Å². The largest absolute Gasteiger partial charge is 0.467 e. The lowest BCUT2D eigenvalue weighted by atomic mass is 10.1. The third kappa shape index (κ3) is 3.77. The number of carbonyl (C=O) groups excluding carboxylic acids is 1. The molecule has 6 heteroatoms. The first-order valence-electron chi connectivity index (χ1n) is 4.51. The molecular weight excluding hydrogens is 294 g/mol. The van der Waals surface area contributed by atoms with Crippen molar-refractivity contribution in [3.8, 4) is 0 Å². The second-order valence-corrected chi connectivity index (χ2v) is 5.28. The van der Waals surface area contributed by atoms with E-state index in [-0.39, 0.29) is 5.75 Å². The van der Waals surface area contributed by atoms with Gasteiger partial charge in [0.2, 0.25) is 0 Å². The number of aromatic nitrogens is 1. The van der Waals surface area contributed by atoms with Gasteiger partial charge in [-0.1, -0.05) is 0 Å². The van der Waals surface area contributed by atoms with Crippen molar-refractivity contribution in [1.82, 2.24) is 4.98 Å². The highest BCUT2D eigenvalue weighted by molar-refractivity contribution is 9.10. The Morgan fingerprint density at radius 3 is 2.88 bits per heavy atom. The molecule has 16 heavy (non-hydrogen) atoms. The quantitative estimate of drug-likeness (QED) is 0.679. The minimum atomic E-state index is -1.49. The van der Waals surface area contributed by atoms with Crippen LogP contribution < -0.4 is 0 Å². The van der Waals surface area contributed by atoms with Crippen molar-refractivity contribution in [2.24, 2.45) is 0 Å². The third-order valence-corrected chi connectivity index (χ3v) is 3.54. The molecule has 0 saturated heterocycles. The average Bonchev–Trinajstić information content (AvgIpc) is 2.27. The number of hydrogen-bond donors (Lipinski definition) is 1. The van der Waals surface area contributed by atoms with Gasteiger partial charge in [0, 0.05) is 16.4 Å². The number of rotatable bonds is 4. The Bertz CT molecular complexity index is 367. The van der Waals surface area contributed by atoms with Crippen LogP contribution in [0.4, 0.5) is 0 Å². The molecule has 1 unspecified atom stereocenters. The maximum atomic E-state index is 11.2. The predicted molar refractivity (Wildman–Crippen MR) is 65.3 cm³/mol. The highest BCUT2D eigenvalue weighted by atomic mass is 79.9. The molecular formula is C10H12BrNO3S. The fourth-order valence-electron chi connectivity index (χ4n) is 0.941. The summed E-state index contributed by atoms with van der Waals surface area (Å²) in [5.41, 5.74) is -1.49. The number of carbonyl (C=O) groups is 1. The molecule has 0 radical (unpaired) electrons. The first-order chi connectivity index (χ1) is 7.45. The third-order valence-electron chi connectivity index (χ3n) is 1.83. The number of halogens is 1. The number of nitrogens with zero attached hydrogens (tertiary/aromatic N) is 1. The Morgan fingerprint density at radius 1 is 1.69 bits per heavy atom. The Labute approximate surface area is 107 Å². The maximum absolute atomic E-state index is 11.2. The molecule has 88 valence electrons. The zero-order valence-corrected chi connectivity index (χ0v) is 11.3. The smallest absolute Gasteiger partial charge is 0.338 e. The van der Waals surface area contributed by atoms with Crippen LogP contribution in [0.3, 0.4) is 0 Å². The standard InChI is InChI=1S/C10H12BrNO3S/c1-10(14,9(13)15-2)6-16-8-4-3-7(11)5-12-8/h3-5,14H,6H2,1-2H3. The number of methoxy groups -OCH3 is 1. The normalized spacial score (nSPS) is 14.2. The van der Waals surface area contributed by atoms with Crippen LogP contribution >= 0.6 is 27.7 Å². The maximum Gasteiger partial charge on any atom is 0.338 e. The molecule has 0 amide bonds. The van der Waals surface area contributed by atoms with Crippen LogP contribution in [-0.4, -0.2) is 34.5 Å². The molecule has 0 saturated carbocycles. The molecule has 1 N–H and O–H groups in total. The molecule has 1 aromatic rings. The number of aliphatic hydroxyl groups is 1. The van der Waals surface area contributed by atoms with Crippen LogP contribution in [0, 0.1) is 0 Å². The molecule has 1 rings (SSSR count). The second kappa shape index (κ2) is 5.65. The monoisotopic (exact) mass is 305 g/mol. The fraction of sp³-hybridized carbons (Fsp3) is 0.400. The first-order valence-corrected chi connectivity index (χ1v) is 6.29. The SMILES string of the molecule is COC(=O)C(C)(O)CSc1ccc(Br)cn1. The summed E-state index contributed by atoms with van der Waals surface area (Å²) in [5.74, 6) is -0.439. The van der Waals surface area contributed by atoms with E-state index in [1.807, 2.05) is 12.1 Å². The van der Waals surface area contributed by atoms with E-state index >= 15 is 0 Å². The molecule has 1 atom stereocenters. The van der Waals surface area contributed by atoms with E-state index in [0.717, 1.165) is 9.50 Å². The predicted octanol–water partition coefficient (Wildman–Crippen LogP) is 1.86. The van der Waals surface area contributed by atoms with E-state index < -0.39 is 11.6 Å². The van der Waals surface area contributed by atoms with Crippen LogP contribution in [0.2, 0.25) is 0 Å². The first kappa shape index (κ1) is 13.5. The van der Waals surface area contributed by atoms with Crippen LogP contribution in [0.15, 0.2) is 27.8 Å². The summed E-state index contributed by atoms with van der Waals surface area (Å²) in [6.45, 7) is 1.42. The van der Waals surface area contributed by atoms with E-state index in [9.17, 15) is 9.90 Å². The van der Waals surface area contributed by atoms with Gasteiger partial charge in [-0.15, -0.1) is 11.8 Å². The van der Waals surface area contributed by atoms with Gasteiger partial charge in [-0.2, -0.15) is 0 Å². The highest BCUT2D eigenvalue weighted by Gasteiger charge is 2.31. The minimum absolute atomic E-state index is 0.203. The molecule has 0 spiro atoms. The Morgan fingerprint density at radius 2 is 2.38 bits per heavy atom. The molecule has 1 heterocycles. The lowest BCUT2D eigenvalue weighted by Crippen LogP contribution is -2.38.